The number of hydrogen-bond acceptors (Lipinski definition) is 4. The van der Waals surface area contributed by atoms with E-state index in [9.17, 15) is 0 Å². The Hall–Kier alpha value is -4.70. The molecule has 6 nitrogen and oxygen atoms in total. The number of hydrogen-bond donors (Lipinski definition) is 0. The second-order valence-corrected chi connectivity index (χ2v) is 10.3. The Balaban J connectivity index is 0.00000329. The molecule has 0 saturated heterocycles. The minimum absolute atomic E-state index is 0. The van der Waals surface area contributed by atoms with E-state index in [1.54, 1.807) is 7.11 Å². The summed E-state index contributed by atoms with van der Waals surface area (Å²) in [7, 11) is 1.64. The zero-order valence-corrected chi connectivity index (χ0v) is 25.7. The molecule has 0 radical (unpaired) electrons. The molecule has 3 heterocycles. The SMILES string of the molecule is COc1cc(Oc2[c-]c3c(cc2)c2ccccc2n3-c2cc(C)ccn2)[c-]c(-n2nc(C)c(-c3ccccc3)c2C)c1.[Pd+2]. The van der Waals surface area contributed by atoms with Gasteiger partial charge in [-0.15, -0.1) is 29.7 Å². The van der Waals surface area contributed by atoms with E-state index >= 15 is 0 Å². The molecule has 43 heavy (non-hydrogen) atoms. The molecule has 0 bridgehead atoms. The molecule has 0 spiro atoms. The van der Waals surface area contributed by atoms with E-state index in [0.717, 1.165) is 61.4 Å². The molecular weight excluding hydrogens is 627 g/mol. The Morgan fingerprint density at radius 2 is 1.56 bits per heavy atom. The van der Waals surface area contributed by atoms with Crippen LogP contribution in [0.5, 0.6) is 17.2 Å². The molecule has 0 fully saturated rings. The molecule has 3 aromatic heterocycles. The quantitative estimate of drug-likeness (QED) is 0.134. The zero-order valence-electron chi connectivity index (χ0n) is 24.2. The van der Waals surface area contributed by atoms with Gasteiger partial charge in [-0.1, -0.05) is 60.1 Å². The van der Waals surface area contributed by atoms with Crippen LogP contribution in [-0.2, 0) is 20.4 Å². The molecule has 0 N–H and O–H groups in total. The van der Waals surface area contributed by atoms with Gasteiger partial charge in [-0.25, -0.2) is 4.98 Å². The maximum Gasteiger partial charge on any atom is 2.00 e. The van der Waals surface area contributed by atoms with E-state index in [4.69, 9.17) is 14.6 Å². The van der Waals surface area contributed by atoms with Crippen molar-refractivity contribution in [1.82, 2.24) is 19.3 Å². The average molecular weight is 655 g/mol. The van der Waals surface area contributed by atoms with Crippen LogP contribution in [0, 0.1) is 32.9 Å². The maximum absolute atomic E-state index is 6.40. The first kappa shape index (κ1) is 28.4. The summed E-state index contributed by atoms with van der Waals surface area (Å²) in [6.45, 7) is 6.16. The van der Waals surface area contributed by atoms with Gasteiger partial charge in [-0.2, -0.15) is 11.2 Å². The summed E-state index contributed by atoms with van der Waals surface area (Å²) in [4.78, 5) is 4.67. The topological polar surface area (TPSA) is 54.1 Å². The summed E-state index contributed by atoms with van der Waals surface area (Å²) < 4.78 is 16.1. The number of pyridine rings is 1. The molecule has 0 aliphatic carbocycles. The number of benzene rings is 4. The van der Waals surface area contributed by atoms with Crippen LogP contribution in [0.25, 0.3) is 44.4 Å². The third-order valence-corrected chi connectivity index (χ3v) is 7.53. The minimum Gasteiger partial charge on any atom is -0.522 e. The molecular formula is C36H28N4O2Pd. The van der Waals surface area contributed by atoms with Crippen molar-refractivity contribution in [3.05, 3.63) is 126 Å². The largest absolute Gasteiger partial charge is 2.00 e. The Morgan fingerprint density at radius 1 is 0.767 bits per heavy atom. The number of methoxy groups -OCH3 is 1. The fraction of sp³-hybridized carbons (Fsp3) is 0.111. The predicted molar refractivity (Wildman–Crippen MR) is 166 cm³/mol. The van der Waals surface area contributed by atoms with Gasteiger partial charge in [0.15, 0.2) is 0 Å². The summed E-state index contributed by atoms with van der Waals surface area (Å²) in [5.41, 5.74) is 7.99. The van der Waals surface area contributed by atoms with Gasteiger partial charge in [-0.05, 0) is 61.2 Å². The normalized spacial score (nSPS) is 11.1. The zero-order chi connectivity index (χ0) is 28.8. The molecule has 7 aromatic rings. The number of fused-ring (bicyclic) bond motifs is 3. The average Bonchev–Trinajstić information content (AvgIpc) is 3.50. The Morgan fingerprint density at radius 3 is 2.35 bits per heavy atom. The number of nitrogens with zero attached hydrogens (tertiary/aromatic N) is 4. The first-order valence-electron chi connectivity index (χ1n) is 13.8. The maximum atomic E-state index is 6.40. The number of rotatable bonds is 6. The van der Waals surface area contributed by atoms with Crippen molar-refractivity contribution in [1.29, 1.82) is 0 Å². The number of para-hydroxylation sites is 1. The number of aromatic nitrogens is 4. The smallest absolute Gasteiger partial charge is 0.522 e. The molecule has 0 atom stereocenters. The van der Waals surface area contributed by atoms with Crippen LogP contribution in [-0.4, -0.2) is 26.4 Å². The van der Waals surface area contributed by atoms with Crippen LogP contribution < -0.4 is 9.47 Å². The molecule has 0 aliphatic rings. The minimum atomic E-state index is 0. The van der Waals surface area contributed by atoms with E-state index in [1.807, 2.05) is 66.3 Å². The Kier molecular flexibility index (Phi) is 7.62. The number of ether oxygens (including phenoxy) is 2. The van der Waals surface area contributed by atoms with Crippen molar-refractivity contribution in [2.45, 2.75) is 20.8 Å². The van der Waals surface area contributed by atoms with Gasteiger partial charge >= 0.3 is 20.4 Å². The summed E-state index contributed by atoms with van der Waals surface area (Å²) >= 11 is 0. The Labute approximate surface area is 264 Å². The monoisotopic (exact) mass is 654 g/mol. The van der Waals surface area contributed by atoms with Crippen LogP contribution in [0.4, 0.5) is 0 Å². The van der Waals surface area contributed by atoms with Gasteiger partial charge in [-0.3, -0.25) is 4.68 Å². The van der Waals surface area contributed by atoms with E-state index in [2.05, 4.69) is 78.0 Å². The molecule has 7 heteroatoms. The van der Waals surface area contributed by atoms with Crippen LogP contribution in [0.3, 0.4) is 0 Å². The van der Waals surface area contributed by atoms with Crippen molar-refractivity contribution in [3.8, 4) is 39.9 Å². The van der Waals surface area contributed by atoms with Crippen LogP contribution in [0.1, 0.15) is 17.0 Å². The predicted octanol–water partition coefficient (Wildman–Crippen LogP) is 8.36. The summed E-state index contributed by atoms with van der Waals surface area (Å²) in [6.07, 6.45) is 1.83. The van der Waals surface area contributed by atoms with Crippen LogP contribution in [0.15, 0.2) is 97.2 Å². The van der Waals surface area contributed by atoms with Gasteiger partial charge < -0.3 is 14.0 Å². The first-order chi connectivity index (χ1) is 20.5. The van der Waals surface area contributed by atoms with Crippen molar-refractivity contribution < 1.29 is 29.9 Å². The van der Waals surface area contributed by atoms with E-state index < -0.39 is 0 Å². The van der Waals surface area contributed by atoms with E-state index in [-0.39, 0.29) is 20.4 Å². The number of aryl methyl sites for hydroxylation is 2. The fourth-order valence-electron chi connectivity index (χ4n) is 5.62. The van der Waals surface area contributed by atoms with Crippen LogP contribution in [0.2, 0.25) is 0 Å². The van der Waals surface area contributed by atoms with E-state index in [0.29, 0.717) is 17.2 Å². The molecule has 0 unspecified atom stereocenters. The molecule has 214 valence electrons. The second-order valence-electron chi connectivity index (χ2n) is 10.3. The molecule has 0 saturated carbocycles. The van der Waals surface area contributed by atoms with Gasteiger partial charge in [0.05, 0.1) is 12.8 Å². The second kappa shape index (κ2) is 11.5. The molecule has 0 amide bonds. The Bertz CT molecular complexity index is 2100. The summed E-state index contributed by atoms with van der Waals surface area (Å²) in [5, 5.41) is 7.06. The van der Waals surface area contributed by atoms with Crippen molar-refractivity contribution in [3.63, 3.8) is 0 Å². The van der Waals surface area contributed by atoms with Crippen molar-refractivity contribution >= 4 is 21.8 Å². The fourth-order valence-corrected chi connectivity index (χ4v) is 5.62. The summed E-state index contributed by atoms with van der Waals surface area (Å²) in [5.74, 6) is 2.55. The van der Waals surface area contributed by atoms with Crippen molar-refractivity contribution in [2.75, 3.05) is 7.11 Å². The summed E-state index contributed by atoms with van der Waals surface area (Å²) in [6, 6.07) is 37.4. The van der Waals surface area contributed by atoms with Gasteiger partial charge in [0.1, 0.15) is 5.82 Å². The standard InChI is InChI=1S/C36H28N4O2.Pd/c1-23-16-17-37-35(18-23)39-33-13-9-8-12-31(33)32-15-14-28(22-34(32)39)42-30-20-27(19-29(21-30)41-4)40-25(3)36(24(2)38-40)26-10-6-5-7-11-26;/h5-19,21H,1-4H3;/q-2;+2. The van der Waals surface area contributed by atoms with E-state index in [1.165, 1.54) is 0 Å². The van der Waals surface area contributed by atoms with Gasteiger partial charge in [0.2, 0.25) is 0 Å². The molecule has 0 aliphatic heterocycles. The first-order valence-corrected chi connectivity index (χ1v) is 13.8. The van der Waals surface area contributed by atoms with Crippen molar-refractivity contribution in [2.24, 2.45) is 0 Å². The third kappa shape index (κ3) is 5.12. The molecule has 7 rings (SSSR count). The third-order valence-electron chi connectivity index (χ3n) is 7.53. The van der Waals surface area contributed by atoms with Crippen LogP contribution >= 0.6 is 0 Å². The van der Waals surface area contributed by atoms with Gasteiger partial charge in [0.25, 0.3) is 0 Å². The van der Waals surface area contributed by atoms with Gasteiger partial charge in [0, 0.05) is 40.2 Å². The molecule has 4 aromatic carbocycles.